The molecule has 3 atom stereocenters. The number of hydrogen-bond acceptors (Lipinski definition) is 10. The number of hydrogen-bond donors (Lipinski definition) is 1. The quantitative estimate of drug-likeness (QED) is 0.394. The molecule has 5 heterocycles. The number of nitrogens with zero attached hydrogens (tertiary/aromatic N) is 6. The highest BCUT2D eigenvalue weighted by Crippen LogP contribution is 2.53. The van der Waals surface area contributed by atoms with Crippen molar-refractivity contribution in [2.45, 2.75) is 88.7 Å². The Labute approximate surface area is 264 Å². The first-order valence-corrected chi connectivity index (χ1v) is 16.8. The van der Waals surface area contributed by atoms with Crippen LogP contribution in [0.2, 0.25) is 0 Å². The standard InChI is InChI=1S/C35H43N7O3/c1-22(27-9-5-15-41(27)2)44-29-17-28(42-16-6-12-34(19-42)20-43-21-34)38-33(39-29)31-24-8-4-14-35(32(24)45-40-31)13-3-7-23-10-11-26(37)25(18-36)30(23)35/h10-11,17,22,27H,3-9,12-16,19-21,37H2,1-2H3/t22-,27-,35+/m0/s1. The molecule has 2 spiro atoms. The molecule has 0 unspecified atom stereocenters. The number of fused-ring (bicyclic) bond motifs is 4. The predicted octanol–water partition coefficient (Wildman–Crippen LogP) is 5.02. The fourth-order valence-electron chi connectivity index (χ4n) is 9.06. The molecular formula is C35H43N7O3. The number of anilines is 2. The third kappa shape index (κ3) is 4.69. The number of nitrogen functional groups attached to an aromatic ring is 1. The second-order valence-corrected chi connectivity index (χ2v) is 14.2. The van der Waals surface area contributed by atoms with Crippen molar-refractivity contribution in [1.82, 2.24) is 20.0 Å². The van der Waals surface area contributed by atoms with E-state index in [-0.39, 0.29) is 11.5 Å². The Morgan fingerprint density at radius 2 is 1.93 bits per heavy atom. The summed E-state index contributed by atoms with van der Waals surface area (Å²) in [6.45, 7) is 6.71. The van der Waals surface area contributed by atoms with Crippen LogP contribution in [0.1, 0.15) is 86.3 Å². The van der Waals surface area contributed by atoms with Crippen LogP contribution in [-0.2, 0) is 23.0 Å². The van der Waals surface area contributed by atoms with E-state index in [1.165, 1.54) is 18.4 Å². The molecule has 2 aromatic heterocycles. The fourth-order valence-corrected chi connectivity index (χ4v) is 9.06. The maximum Gasteiger partial charge on any atom is 0.219 e. The van der Waals surface area contributed by atoms with E-state index >= 15 is 0 Å². The average molecular weight is 610 g/mol. The number of likely N-dealkylation sites (N-methyl/N-ethyl adjacent to an activating group) is 1. The van der Waals surface area contributed by atoms with Gasteiger partial charge in [-0.05, 0) is 102 Å². The molecule has 0 radical (unpaired) electrons. The number of aromatic nitrogens is 3. The molecule has 2 aliphatic carbocycles. The number of piperidine rings is 1. The zero-order valence-electron chi connectivity index (χ0n) is 26.5. The van der Waals surface area contributed by atoms with Gasteiger partial charge in [0.2, 0.25) is 5.88 Å². The SMILES string of the molecule is C[C@H](Oc1cc(N2CCCC3(COC3)C2)nc(-c2noc3c2CCC[C@@]32CCCc3ccc(N)c(C#N)c32)n1)[C@@H]1CCCN1C. The van der Waals surface area contributed by atoms with E-state index in [9.17, 15) is 5.26 Å². The Morgan fingerprint density at radius 1 is 1.09 bits per heavy atom. The zero-order chi connectivity index (χ0) is 30.8. The first-order chi connectivity index (χ1) is 21.9. The molecule has 1 aromatic carbocycles. The molecule has 10 nitrogen and oxygen atoms in total. The summed E-state index contributed by atoms with van der Waals surface area (Å²) in [6, 6.07) is 8.76. The van der Waals surface area contributed by atoms with Crippen molar-refractivity contribution in [1.29, 1.82) is 5.26 Å². The number of nitrogens with two attached hydrogens (primary N) is 1. The summed E-state index contributed by atoms with van der Waals surface area (Å²) in [5.41, 5.74) is 11.2. The molecule has 8 rings (SSSR count). The minimum Gasteiger partial charge on any atom is -0.473 e. The number of likely N-dealkylation sites (tertiary alicyclic amines) is 1. The minimum absolute atomic E-state index is 0.0103. The maximum absolute atomic E-state index is 10.2. The van der Waals surface area contributed by atoms with Gasteiger partial charge in [-0.1, -0.05) is 11.2 Å². The van der Waals surface area contributed by atoms with Crippen molar-refractivity contribution in [2.75, 3.05) is 50.5 Å². The second kappa shape index (κ2) is 11.0. The van der Waals surface area contributed by atoms with Gasteiger partial charge >= 0.3 is 0 Å². The largest absolute Gasteiger partial charge is 0.473 e. The number of aryl methyl sites for hydroxylation is 1. The van der Waals surface area contributed by atoms with Crippen LogP contribution in [0, 0.1) is 16.7 Å². The molecular weight excluding hydrogens is 566 g/mol. The number of benzene rings is 1. The highest BCUT2D eigenvalue weighted by Gasteiger charge is 2.48. The summed E-state index contributed by atoms with van der Waals surface area (Å²) in [4.78, 5) is 14.9. The van der Waals surface area contributed by atoms with Gasteiger partial charge in [0, 0.05) is 41.9 Å². The minimum atomic E-state index is -0.422. The summed E-state index contributed by atoms with van der Waals surface area (Å²) >= 11 is 0. The summed E-state index contributed by atoms with van der Waals surface area (Å²) in [6.07, 6.45) is 10.1. The molecule has 0 bridgehead atoms. The molecule has 10 heteroatoms. The number of rotatable bonds is 5. The Balaban J connectivity index is 1.21. The molecule has 3 fully saturated rings. The van der Waals surface area contributed by atoms with Crippen LogP contribution in [0.4, 0.5) is 11.5 Å². The van der Waals surface area contributed by atoms with Crippen LogP contribution in [0.3, 0.4) is 0 Å². The van der Waals surface area contributed by atoms with Gasteiger partial charge in [-0.25, -0.2) is 4.98 Å². The predicted molar refractivity (Wildman–Crippen MR) is 170 cm³/mol. The van der Waals surface area contributed by atoms with Crippen LogP contribution < -0.4 is 15.4 Å². The van der Waals surface area contributed by atoms with Gasteiger partial charge < -0.3 is 24.6 Å². The summed E-state index contributed by atoms with van der Waals surface area (Å²) in [7, 11) is 2.18. The lowest BCUT2D eigenvalue weighted by molar-refractivity contribution is -0.117. The zero-order valence-corrected chi connectivity index (χ0v) is 26.5. The van der Waals surface area contributed by atoms with Gasteiger partial charge in [0.1, 0.15) is 18.0 Å². The molecule has 3 saturated heterocycles. The van der Waals surface area contributed by atoms with Crippen LogP contribution in [0.15, 0.2) is 22.7 Å². The third-order valence-corrected chi connectivity index (χ3v) is 11.3. The molecule has 5 aliphatic rings. The highest BCUT2D eigenvalue weighted by molar-refractivity contribution is 5.67. The van der Waals surface area contributed by atoms with E-state index in [0.717, 1.165) is 107 Å². The Bertz CT molecular complexity index is 1660. The van der Waals surface area contributed by atoms with Crippen molar-refractivity contribution in [3.63, 3.8) is 0 Å². The van der Waals surface area contributed by atoms with E-state index in [1.807, 2.05) is 12.1 Å². The molecule has 0 amide bonds. The lowest BCUT2D eigenvalue weighted by atomic mass is 9.61. The van der Waals surface area contributed by atoms with Gasteiger partial charge in [0.25, 0.3) is 0 Å². The van der Waals surface area contributed by atoms with E-state index in [4.69, 9.17) is 34.9 Å². The van der Waals surface area contributed by atoms with Crippen LogP contribution in [0.5, 0.6) is 5.88 Å². The van der Waals surface area contributed by atoms with Crippen molar-refractivity contribution >= 4 is 11.5 Å². The summed E-state index contributed by atoms with van der Waals surface area (Å²) < 4.78 is 18.6. The monoisotopic (exact) mass is 609 g/mol. The molecule has 2 N–H and O–H groups in total. The van der Waals surface area contributed by atoms with E-state index < -0.39 is 5.41 Å². The third-order valence-electron chi connectivity index (χ3n) is 11.3. The van der Waals surface area contributed by atoms with E-state index in [0.29, 0.717) is 34.7 Å². The maximum atomic E-state index is 10.2. The number of nitriles is 1. The second-order valence-electron chi connectivity index (χ2n) is 14.2. The molecule has 3 aliphatic heterocycles. The molecule has 236 valence electrons. The van der Waals surface area contributed by atoms with Gasteiger partial charge in [-0.2, -0.15) is 10.2 Å². The van der Waals surface area contributed by atoms with E-state index in [2.05, 4.69) is 35.9 Å². The smallest absolute Gasteiger partial charge is 0.219 e. The fraction of sp³-hybridized carbons (Fsp3) is 0.600. The summed E-state index contributed by atoms with van der Waals surface area (Å²) in [5.74, 6) is 2.85. The molecule has 45 heavy (non-hydrogen) atoms. The Kier molecular flexibility index (Phi) is 7.03. The van der Waals surface area contributed by atoms with Crippen LogP contribution >= 0.6 is 0 Å². The van der Waals surface area contributed by atoms with Gasteiger partial charge in [0.05, 0.1) is 24.2 Å². The molecule has 3 aromatic rings. The van der Waals surface area contributed by atoms with Crippen LogP contribution in [-0.4, -0.2) is 72.1 Å². The lowest BCUT2D eigenvalue weighted by Gasteiger charge is -2.48. The van der Waals surface area contributed by atoms with Crippen molar-refractivity contribution in [2.24, 2.45) is 5.41 Å². The summed E-state index contributed by atoms with van der Waals surface area (Å²) in [5, 5.41) is 14.9. The van der Waals surface area contributed by atoms with Gasteiger partial charge in [-0.3, -0.25) is 4.90 Å². The van der Waals surface area contributed by atoms with E-state index in [1.54, 1.807) is 0 Å². The van der Waals surface area contributed by atoms with Crippen LogP contribution in [0.25, 0.3) is 11.5 Å². The van der Waals surface area contributed by atoms with Crippen molar-refractivity contribution < 1.29 is 14.0 Å². The Morgan fingerprint density at radius 3 is 2.69 bits per heavy atom. The topological polar surface area (TPSA) is 127 Å². The Hall–Kier alpha value is -3.68. The van der Waals surface area contributed by atoms with Crippen molar-refractivity contribution in [3.8, 4) is 23.5 Å². The van der Waals surface area contributed by atoms with Crippen molar-refractivity contribution in [3.05, 3.63) is 46.2 Å². The average Bonchev–Trinajstić information content (AvgIpc) is 3.68. The lowest BCUT2D eigenvalue weighted by Crippen LogP contribution is -2.54. The van der Waals surface area contributed by atoms with Gasteiger partial charge in [-0.15, -0.1) is 0 Å². The molecule has 0 saturated carbocycles. The highest BCUT2D eigenvalue weighted by atomic mass is 16.5. The number of ether oxygens (including phenoxy) is 2. The normalized spacial score (nSPS) is 26.2. The first-order valence-electron chi connectivity index (χ1n) is 16.8. The first kappa shape index (κ1) is 28.8. The van der Waals surface area contributed by atoms with Gasteiger partial charge in [0.15, 0.2) is 17.3 Å².